The molecule has 0 aromatic heterocycles. The van der Waals surface area contributed by atoms with Crippen LogP contribution in [0, 0.1) is 5.41 Å². The molecule has 3 aromatic carbocycles. The van der Waals surface area contributed by atoms with Crippen molar-refractivity contribution >= 4 is 15.8 Å². The number of hydrogen-bond donors (Lipinski definition) is 0. The van der Waals surface area contributed by atoms with Crippen LogP contribution in [0.25, 0.3) is 11.1 Å². The molecule has 180 valence electrons. The molecule has 0 radical (unpaired) electrons. The molecule has 0 saturated carbocycles. The lowest BCUT2D eigenvalue weighted by Gasteiger charge is -2.46. The Kier molecular flexibility index (Phi) is 6.34. The van der Waals surface area contributed by atoms with Gasteiger partial charge in [0, 0.05) is 24.9 Å². The Hall–Kier alpha value is -3.22. The number of fused-ring (bicyclic) bond motifs is 1. The first kappa shape index (κ1) is 23.5. The largest absolute Gasteiger partial charge is 0.497 e. The van der Waals surface area contributed by atoms with Gasteiger partial charge >= 0.3 is 0 Å². The second-order valence-electron chi connectivity index (χ2n) is 9.42. The molecule has 1 heterocycles. The molecule has 1 fully saturated rings. The van der Waals surface area contributed by atoms with Crippen molar-refractivity contribution in [3.63, 3.8) is 0 Å². The Labute approximate surface area is 207 Å². The molecule has 1 aliphatic heterocycles. The van der Waals surface area contributed by atoms with Crippen molar-refractivity contribution < 1.29 is 17.9 Å². The fourth-order valence-electron chi connectivity index (χ4n) is 5.32. The summed E-state index contributed by atoms with van der Waals surface area (Å²) in [4.78, 5) is 12.5. The van der Waals surface area contributed by atoms with E-state index in [1.807, 2.05) is 54.6 Å². The molecule has 1 atom stereocenters. The standard InChI is InChI=1S/C29H29NO4S/c1-34-27-11-7-23(8-12-27)24-9-13-28(14-10-24)35(32,33)30-18-16-25-19-26(31)15-17-29(25,21-30)20-22-5-3-2-4-6-22/h2-14,19H,15-18,20-21H2,1H3. The number of benzene rings is 3. The smallest absolute Gasteiger partial charge is 0.243 e. The average Bonchev–Trinajstić information content (AvgIpc) is 2.89. The minimum absolute atomic E-state index is 0.147. The maximum atomic E-state index is 13.7. The van der Waals surface area contributed by atoms with E-state index in [2.05, 4.69) is 12.1 Å². The third-order valence-corrected chi connectivity index (χ3v) is 9.14. The van der Waals surface area contributed by atoms with Gasteiger partial charge in [0.25, 0.3) is 0 Å². The summed E-state index contributed by atoms with van der Waals surface area (Å²) in [5.41, 5.74) is 3.86. The van der Waals surface area contributed by atoms with Gasteiger partial charge in [-0.1, -0.05) is 60.2 Å². The molecule has 6 heteroatoms. The lowest BCUT2D eigenvalue weighted by atomic mass is 9.66. The van der Waals surface area contributed by atoms with Crippen LogP contribution in [0.4, 0.5) is 0 Å². The number of carbonyl (C=O) groups is 1. The summed E-state index contributed by atoms with van der Waals surface area (Å²) in [5, 5.41) is 0. The minimum Gasteiger partial charge on any atom is -0.497 e. The Morgan fingerprint density at radius 2 is 1.54 bits per heavy atom. The van der Waals surface area contributed by atoms with E-state index in [1.165, 1.54) is 0 Å². The second kappa shape index (κ2) is 9.44. The molecular formula is C29H29NO4S. The van der Waals surface area contributed by atoms with Gasteiger partial charge in [0.15, 0.2) is 5.78 Å². The first-order chi connectivity index (χ1) is 16.9. The van der Waals surface area contributed by atoms with E-state index in [1.54, 1.807) is 29.6 Å². The molecule has 5 nitrogen and oxygen atoms in total. The SMILES string of the molecule is COc1ccc(-c2ccc(S(=O)(=O)N3CCC4=CC(=O)CCC4(Cc4ccccc4)C3)cc2)cc1. The van der Waals surface area contributed by atoms with E-state index in [0.29, 0.717) is 37.2 Å². The van der Waals surface area contributed by atoms with Crippen molar-refractivity contribution in [2.75, 3.05) is 20.2 Å². The van der Waals surface area contributed by atoms with Crippen LogP contribution in [0.3, 0.4) is 0 Å². The van der Waals surface area contributed by atoms with Gasteiger partial charge in [-0.3, -0.25) is 4.79 Å². The van der Waals surface area contributed by atoms with Crippen molar-refractivity contribution in [1.29, 1.82) is 0 Å². The van der Waals surface area contributed by atoms with Crippen LogP contribution in [0.15, 0.2) is 95.4 Å². The molecule has 0 amide bonds. The van der Waals surface area contributed by atoms with Gasteiger partial charge < -0.3 is 4.74 Å². The van der Waals surface area contributed by atoms with Crippen LogP contribution < -0.4 is 4.74 Å². The number of rotatable bonds is 6. The van der Waals surface area contributed by atoms with Crippen molar-refractivity contribution in [3.8, 4) is 16.9 Å². The second-order valence-corrected chi connectivity index (χ2v) is 11.4. The van der Waals surface area contributed by atoms with E-state index in [4.69, 9.17) is 4.74 Å². The summed E-state index contributed by atoms with van der Waals surface area (Å²) in [5.74, 6) is 0.925. The Morgan fingerprint density at radius 3 is 2.20 bits per heavy atom. The number of ether oxygens (including phenoxy) is 1. The van der Waals surface area contributed by atoms with Crippen LogP contribution in [-0.2, 0) is 21.2 Å². The highest BCUT2D eigenvalue weighted by atomic mass is 32.2. The highest BCUT2D eigenvalue weighted by Gasteiger charge is 2.45. The predicted octanol–water partition coefficient (Wildman–Crippen LogP) is 5.28. The number of nitrogens with zero attached hydrogens (tertiary/aromatic N) is 1. The third-order valence-electron chi connectivity index (χ3n) is 7.28. The zero-order valence-electron chi connectivity index (χ0n) is 19.8. The Balaban J connectivity index is 1.41. The van der Waals surface area contributed by atoms with Crippen molar-refractivity contribution in [2.45, 2.75) is 30.6 Å². The monoisotopic (exact) mass is 487 g/mol. The third kappa shape index (κ3) is 4.68. The molecule has 5 rings (SSSR count). The summed E-state index contributed by atoms with van der Waals surface area (Å²) in [6.45, 7) is 0.780. The molecule has 0 N–H and O–H groups in total. The number of allylic oxidation sites excluding steroid dienone is 1. The van der Waals surface area contributed by atoms with Crippen molar-refractivity contribution in [2.24, 2.45) is 5.41 Å². The van der Waals surface area contributed by atoms with Crippen LogP contribution in [-0.4, -0.2) is 38.7 Å². The van der Waals surface area contributed by atoms with Crippen molar-refractivity contribution in [1.82, 2.24) is 4.31 Å². The van der Waals surface area contributed by atoms with E-state index in [-0.39, 0.29) is 11.2 Å². The lowest BCUT2D eigenvalue weighted by Crippen LogP contribution is -2.49. The minimum atomic E-state index is -3.66. The molecule has 3 aromatic rings. The summed E-state index contributed by atoms with van der Waals surface area (Å²) in [6, 6.07) is 24.9. The zero-order chi connectivity index (χ0) is 24.5. The number of carbonyl (C=O) groups excluding carboxylic acids is 1. The molecule has 1 saturated heterocycles. The first-order valence-electron chi connectivity index (χ1n) is 11.9. The van der Waals surface area contributed by atoms with E-state index >= 15 is 0 Å². The van der Waals surface area contributed by atoms with Gasteiger partial charge in [-0.2, -0.15) is 4.31 Å². The van der Waals surface area contributed by atoms with Gasteiger partial charge in [-0.15, -0.1) is 0 Å². The first-order valence-corrected chi connectivity index (χ1v) is 13.4. The van der Waals surface area contributed by atoms with Gasteiger partial charge in [0.2, 0.25) is 10.0 Å². The molecule has 0 spiro atoms. The summed E-state index contributed by atoms with van der Waals surface area (Å²) >= 11 is 0. The van der Waals surface area contributed by atoms with Crippen LogP contribution in [0.5, 0.6) is 5.75 Å². The quantitative estimate of drug-likeness (QED) is 0.475. The topological polar surface area (TPSA) is 63.7 Å². The van der Waals surface area contributed by atoms with Gasteiger partial charge in [-0.05, 0) is 66.3 Å². The van der Waals surface area contributed by atoms with Crippen LogP contribution in [0.1, 0.15) is 24.8 Å². The normalized spacial score (nSPS) is 20.7. The van der Waals surface area contributed by atoms with Crippen molar-refractivity contribution in [3.05, 3.63) is 96.1 Å². The zero-order valence-corrected chi connectivity index (χ0v) is 20.6. The average molecular weight is 488 g/mol. The molecule has 1 unspecified atom stereocenters. The fraction of sp³-hybridized carbons (Fsp3) is 0.276. The van der Waals surface area contributed by atoms with Gasteiger partial charge in [0.05, 0.1) is 12.0 Å². The number of hydrogen-bond acceptors (Lipinski definition) is 4. The number of methoxy groups -OCH3 is 1. The summed E-state index contributed by atoms with van der Waals surface area (Å²) < 4.78 is 34.2. The van der Waals surface area contributed by atoms with E-state index in [9.17, 15) is 13.2 Å². The lowest BCUT2D eigenvalue weighted by molar-refractivity contribution is -0.116. The van der Waals surface area contributed by atoms with Crippen LogP contribution >= 0.6 is 0 Å². The highest BCUT2D eigenvalue weighted by Crippen LogP contribution is 2.46. The van der Waals surface area contributed by atoms with Gasteiger partial charge in [0.1, 0.15) is 5.75 Å². The maximum absolute atomic E-state index is 13.7. The predicted molar refractivity (Wildman–Crippen MR) is 137 cm³/mol. The van der Waals surface area contributed by atoms with Gasteiger partial charge in [-0.25, -0.2) is 8.42 Å². The van der Waals surface area contributed by atoms with E-state index in [0.717, 1.165) is 34.4 Å². The summed E-state index contributed by atoms with van der Waals surface area (Å²) in [6.07, 6.45) is 4.23. The fourth-order valence-corrected chi connectivity index (χ4v) is 6.85. The molecular weight excluding hydrogens is 458 g/mol. The highest BCUT2D eigenvalue weighted by molar-refractivity contribution is 7.89. The van der Waals surface area contributed by atoms with E-state index < -0.39 is 10.0 Å². The molecule has 1 aliphatic carbocycles. The van der Waals surface area contributed by atoms with Crippen LogP contribution in [0.2, 0.25) is 0 Å². The Bertz CT molecular complexity index is 1350. The number of piperidine rings is 1. The number of sulfonamides is 1. The summed E-state index contributed by atoms with van der Waals surface area (Å²) in [7, 11) is -2.04. The molecule has 35 heavy (non-hydrogen) atoms. The Morgan fingerprint density at radius 1 is 0.886 bits per heavy atom. The molecule has 0 bridgehead atoms. The number of ketones is 1. The molecule has 2 aliphatic rings. The maximum Gasteiger partial charge on any atom is 0.243 e.